The van der Waals surface area contributed by atoms with E-state index in [0.29, 0.717) is 12.0 Å². The Hall–Kier alpha value is -0.610. The van der Waals surface area contributed by atoms with Gasteiger partial charge in [-0.15, -0.1) is 0 Å². The maximum absolute atomic E-state index is 12.0. The molecule has 0 spiro atoms. The van der Waals surface area contributed by atoms with Crippen LogP contribution in [0.4, 0.5) is 0 Å². The summed E-state index contributed by atoms with van der Waals surface area (Å²) >= 11 is 0. The lowest BCUT2D eigenvalue weighted by atomic mass is 9.90. The van der Waals surface area contributed by atoms with Gasteiger partial charge in [0.2, 0.25) is 5.91 Å². The van der Waals surface area contributed by atoms with Gasteiger partial charge in [0.05, 0.1) is 6.04 Å². The molecule has 3 unspecified atom stereocenters. The second-order valence-corrected chi connectivity index (χ2v) is 5.71. The molecule has 3 atom stereocenters. The summed E-state index contributed by atoms with van der Waals surface area (Å²) in [6.45, 7) is 12.4. The lowest BCUT2D eigenvalue weighted by Gasteiger charge is -2.38. The van der Waals surface area contributed by atoms with Crippen molar-refractivity contribution in [3.63, 3.8) is 0 Å². The van der Waals surface area contributed by atoms with E-state index in [1.54, 1.807) is 0 Å². The van der Waals surface area contributed by atoms with Crippen molar-refractivity contribution in [2.24, 2.45) is 5.92 Å². The maximum Gasteiger partial charge on any atom is 0.237 e. The van der Waals surface area contributed by atoms with E-state index in [1.165, 1.54) is 12.8 Å². The van der Waals surface area contributed by atoms with E-state index in [4.69, 9.17) is 0 Å². The number of nitrogens with zero attached hydrogens (tertiary/aromatic N) is 1. The van der Waals surface area contributed by atoms with Gasteiger partial charge in [0, 0.05) is 19.1 Å². The van der Waals surface area contributed by atoms with E-state index in [0.717, 1.165) is 32.6 Å². The topological polar surface area (TPSA) is 44.4 Å². The SMILES string of the molecule is CCCNC(=O)C(C)N1CCCC(C(C)NCC)C1. The zero-order valence-corrected chi connectivity index (χ0v) is 13.0. The fourth-order valence-electron chi connectivity index (χ4n) is 2.85. The smallest absolute Gasteiger partial charge is 0.237 e. The standard InChI is InChI=1S/C15H31N3O/c1-5-9-17-15(19)13(4)18-10-7-8-14(11-18)12(3)16-6-2/h12-14,16H,5-11H2,1-4H3,(H,17,19). The Balaban J connectivity index is 2.46. The third-order valence-corrected chi connectivity index (χ3v) is 4.20. The van der Waals surface area contributed by atoms with E-state index in [9.17, 15) is 4.79 Å². The lowest BCUT2D eigenvalue weighted by molar-refractivity contribution is -0.126. The van der Waals surface area contributed by atoms with Crippen LogP contribution in [-0.2, 0) is 4.79 Å². The molecule has 1 heterocycles. The number of likely N-dealkylation sites (tertiary alicyclic amines) is 1. The average molecular weight is 269 g/mol. The number of hydrogen-bond acceptors (Lipinski definition) is 3. The predicted molar refractivity (Wildman–Crippen MR) is 80.2 cm³/mol. The van der Waals surface area contributed by atoms with Crippen LogP contribution < -0.4 is 10.6 Å². The Morgan fingerprint density at radius 3 is 2.74 bits per heavy atom. The highest BCUT2D eigenvalue weighted by molar-refractivity contribution is 5.81. The van der Waals surface area contributed by atoms with Gasteiger partial charge in [0.15, 0.2) is 0 Å². The molecule has 1 saturated heterocycles. The highest BCUT2D eigenvalue weighted by Crippen LogP contribution is 2.21. The van der Waals surface area contributed by atoms with E-state index in [-0.39, 0.29) is 11.9 Å². The summed E-state index contributed by atoms with van der Waals surface area (Å²) < 4.78 is 0. The maximum atomic E-state index is 12.0. The normalized spacial score (nSPS) is 23.9. The average Bonchev–Trinajstić information content (AvgIpc) is 2.44. The van der Waals surface area contributed by atoms with Crippen LogP contribution in [-0.4, -0.2) is 49.1 Å². The van der Waals surface area contributed by atoms with Gasteiger partial charge in [-0.05, 0) is 52.1 Å². The van der Waals surface area contributed by atoms with Crippen molar-refractivity contribution in [1.29, 1.82) is 0 Å². The fraction of sp³-hybridized carbons (Fsp3) is 0.933. The van der Waals surface area contributed by atoms with Gasteiger partial charge in [-0.1, -0.05) is 13.8 Å². The highest BCUT2D eigenvalue weighted by atomic mass is 16.2. The van der Waals surface area contributed by atoms with Crippen LogP contribution in [0, 0.1) is 5.92 Å². The van der Waals surface area contributed by atoms with Crippen molar-refractivity contribution in [1.82, 2.24) is 15.5 Å². The molecule has 1 rings (SSSR count). The number of carbonyl (C=O) groups is 1. The number of nitrogens with one attached hydrogen (secondary N) is 2. The molecule has 1 aliphatic heterocycles. The van der Waals surface area contributed by atoms with Gasteiger partial charge in [0.1, 0.15) is 0 Å². The number of carbonyl (C=O) groups excluding carboxylic acids is 1. The summed E-state index contributed by atoms with van der Waals surface area (Å²) in [5.41, 5.74) is 0. The largest absolute Gasteiger partial charge is 0.355 e. The number of amides is 1. The minimum absolute atomic E-state index is 0.00294. The molecule has 112 valence electrons. The zero-order valence-electron chi connectivity index (χ0n) is 13.0. The molecule has 1 aliphatic rings. The number of piperidine rings is 1. The molecular formula is C15H31N3O. The van der Waals surface area contributed by atoms with E-state index in [2.05, 4.69) is 36.3 Å². The van der Waals surface area contributed by atoms with Gasteiger partial charge < -0.3 is 10.6 Å². The monoisotopic (exact) mass is 269 g/mol. The van der Waals surface area contributed by atoms with Gasteiger partial charge in [0.25, 0.3) is 0 Å². The molecule has 0 radical (unpaired) electrons. The summed E-state index contributed by atoms with van der Waals surface area (Å²) in [5.74, 6) is 0.841. The van der Waals surface area contributed by atoms with Crippen molar-refractivity contribution < 1.29 is 4.79 Å². The predicted octanol–water partition coefficient (Wildman–Crippen LogP) is 1.61. The molecule has 1 fully saturated rings. The lowest BCUT2D eigenvalue weighted by Crippen LogP contribution is -2.52. The van der Waals surface area contributed by atoms with Crippen molar-refractivity contribution in [3.05, 3.63) is 0 Å². The minimum atomic E-state index is 0.00294. The minimum Gasteiger partial charge on any atom is -0.355 e. The zero-order chi connectivity index (χ0) is 14.3. The molecule has 0 aromatic rings. The first-order valence-electron chi connectivity index (χ1n) is 7.85. The van der Waals surface area contributed by atoms with Gasteiger partial charge in [-0.3, -0.25) is 9.69 Å². The van der Waals surface area contributed by atoms with Crippen LogP contribution in [0.25, 0.3) is 0 Å². The first kappa shape index (κ1) is 16.4. The van der Waals surface area contributed by atoms with Crippen LogP contribution in [0.3, 0.4) is 0 Å². The molecule has 0 aromatic carbocycles. The highest BCUT2D eigenvalue weighted by Gasteiger charge is 2.29. The van der Waals surface area contributed by atoms with Crippen molar-refractivity contribution >= 4 is 5.91 Å². The second-order valence-electron chi connectivity index (χ2n) is 5.71. The van der Waals surface area contributed by atoms with Crippen LogP contribution in [0.1, 0.15) is 47.0 Å². The molecule has 1 amide bonds. The van der Waals surface area contributed by atoms with Crippen LogP contribution in [0.2, 0.25) is 0 Å². The summed E-state index contributed by atoms with van der Waals surface area (Å²) in [5, 5.41) is 6.51. The first-order valence-corrected chi connectivity index (χ1v) is 7.85. The third kappa shape index (κ3) is 5.11. The first-order chi connectivity index (χ1) is 9.10. The van der Waals surface area contributed by atoms with Gasteiger partial charge in [-0.25, -0.2) is 0 Å². The second kappa shape index (κ2) is 8.54. The Kier molecular flexibility index (Phi) is 7.39. The third-order valence-electron chi connectivity index (χ3n) is 4.20. The summed E-state index contributed by atoms with van der Waals surface area (Å²) in [6.07, 6.45) is 3.47. The molecule has 0 saturated carbocycles. The fourth-order valence-corrected chi connectivity index (χ4v) is 2.85. The Bertz CT molecular complexity index is 270. The van der Waals surface area contributed by atoms with E-state index in [1.807, 2.05) is 6.92 Å². The van der Waals surface area contributed by atoms with Crippen molar-refractivity contribution in [2.45, 2.75) is 59.0 Å². The molecule has 2 N–H and O–H groups in total. The molecule has 0 bridgehead atoms. The molecule has 4 heteroatoms. The van der Waals surface area contributed by atoms with Crippen LogP contribution in [0.15, 0.2) is 0 Å². The van der Waals surface area contributed by atoms with Crippen molar-refractivity contribution in [3.8, 4) is 0 Å². The van der Waals surface area contributed by atoms with Gasteiger partial charge >= 0.3 is 0 Å². The Labute approximate surface area is 118 Å². The van der Waals surface area contributed by atoms with Crippen LogP contribution in [0.5, 0.6) is 0 Å². The summed E-state index contributed by atoms with van der Waals surface area (Å²) in [4.78, 5) is 14.4. The van der Waals surface area contributed by atoms with Crippen LogP contribution >= 0.6 is 0 Å². The molecular weight excluding hydrogens is 238 g/mol. The van der Waals surface area contributed by atoms with E-state index < -0.39 is 0 Å². The molecule has 0 aliphatic carbocycles. The van der Waals surface area contributed by atoms with Crippen molar-refractivity contribution in [2.75, 3.05) is 26.2 Å². The number of rotatable bonds is 7. The Morgan fingerprint density at radius 1 is 1.37 bits per heavy atom. The van der Waals surface area contributed by atoms with Gasteiger partial charge in [-0.2, -0.15) is 0 Å². The van der Waals surface area contributed by atoms with E-state index >= 15 is 0 Å². The molecule has 4 nitrogen and oxygen atoms in total. The molecule has 0 aromatic heterocycles. The molecule has 19 heavy (non-hydrogen) atoms. The Morgan fingerprint density at radius 2 is 2.11 bits per heavy atom. The quantitative estimate of drug-likeness (QED) is 0.738. The number of hydrogen-bond donors (Lipinski definition) is 2. The summed E-state index contributed by atoms with van der Waals surface area (Å²) in [6, 6.07) is 0.543. The summed E-state index contributed by atoms with van der Waals surface area (Å²) in [7, 11) is 0.